The van der Waals surface area contributed by atoms with Crippen molar-refractivity contribution in [2.75, 3.05) is 0 Å². The maximum absolute atomic E-state index is 12.7. The van der Waals surface area contributed by atoms with Gasteiger partial charge in [-0.3, -0.25) is 0 Å². The van der Waals surface area contributed by atoms with Crippen molar-refractivity contribution in [2.24, 2.45) is 0 Å². The first kappa shape index (κ1) is 14.1. The van der Waals surface area contributed by atoms with E-state index in [9.17, 15) is 12.9 Å². The minimum Gasteiger partial charge on any atom is -0.449 e. The summed E-state index contributed by atoms with van der Waals surface area (Å²) in [6, 6.07) is 7.95. The van der Waals surface area contributed by atoms with Crippen molar-refractivity contribution >= 4 is 6.98 Å². The molecule has 0 aliphatic heterocycles. The Balaban J connectivity index is 0.00000108. The van der Waals surface area contributed by atoms with Crippen LogP contribution in [0.15, 0.2) is 24.3 Å². The number of aryl methyl sites for hydroxylation is 1. The summed E-state index contributed by atoms with van der Waals surface area (Å²) in [4.78, 5) is 0. The van der Waals surface area contributed by atoms with Crippen LogP contribution in [0.4, 0.5) is 12.9 Å². The van der Waals surface area contributed by atoms with Crippen LogP contribution in [0.3, 0.4) is 0 Å². The number of benzene rings is 1. The standard InChI is InChI=1S/C12H13BF3.K/c1-9-2-4-10(5-3-9)11-6-12(7-11,8-11)13(14,15)16;/h2-5H,6-8H2,1H3;/q-1;+1. The van der Waals surface area contributed by atoms with Crippen LogP contribution in [0.25, 0.3) is 0 Å². The molecule has 17 heavy (non-hydrogen) atoms. The topological polar surface area (TPSA) is 0 Å². The van der Waals surface area contributed by atoms with E-state index in [2.05, 4.69) is 0 Å². The zero-order chi connectivity index (χ0) is 11.6. The molecule has 0 nitrogen and oxygen atoms in total. The molecule has 0 aromatic heterocycles. The van der Waals surface area contributed by atoms with Gasteiger partial charge in [-0.2, -0.15) is 0 Å². The molecule has 3 aliphatic rings. The summed E-state index contributed by atoms with van der Waals surface area (Å²) >= 11 is 0. The van der Waals surface area contributed by atoms with Crippen LogP contribution in [-0.2, 0) is 5.41 Å². The van der Waals surface area contributed by atoms with Crippen LogP contribution in [0.5, 0.6) is 0 Å². The van der Waals surface area contributed by atoms with Crippen molar-refractivity contribution in [1.82, 2.24) is 0 Å². The van der Waals surface area contributed by atoms with Crippen LogP contribution in [0.2, 0.25) is 5.31 Å². The fraction of sp³-hybridized carbons (Fsp3) is 0.500. The molecule has 0 N–H and O–H groups in total. The maximum Gasteiger partial charge on any atom is 1.00 e. The summed E-state index contributed by atoms with van der Waals surface area (Å²) < 4.78 is 38.2. The Bertz CT molecular complexity index is 418. The van der Waals surface area contributed by atoms with E-state index in [1.807, 2.05) is 31.2 Å². The van der Waals surface area contributed by atoms with Gasteiger partial charge < -0.3 is 12.9 Å². The molecule has 3 saturated carbocycles. The first-order chi connectivity index (χ1) is 7.37. The monoisotopic (exact) mass is 264 g/mol. The minimum absolute atomic E-state index is 0. The second-order valence-corrected chi connectivity index (χ2v) is 5.61. The van der Waals surface area contributed by atoms with E-state index in [1.165, 1.54) is 0 Å². The minimum atomic E-state index is -4.64. The van der Waals surface area contributed by atoms with E-state index in [0.29, 0.717) is 19.3 Å². The quantitative estimate of drug-likeness (QED) is 0.700. The molecule has 0 unspecified atom stereocenters. The van der Waals surface area contributed by atoms with E-state index in [1.54, 1.807) is 0 Å². The van der Waals surface area contributed by atoms with Crippen molar-refractivity contribution in [3.8, 4) is 0 Å². The van der Waals surface area contributed by atoms with Crippen molar-refractivity contribution in [3.05, 3.63) is 35.4 Å². The first-order valence-corrected chi connectivity index (χ1v) is 5.64. The summed E-state index contributed by atoms with van der Waals surface area (Å²) in [6.45, 7) is -2.65. The average molecular weight is 264 g/mol. The second-order valence-electron chi connectivity index (χ2n) is 5.61. The zero-order valence-corrected chi connectivity index (χ0v) is 13.3. The smallest absolute Gasteiger partial charge is 0.449 e. The third-order valence-electron chi connectivity index (χ3n) is 4.43. The van der Waals surface area contributed by atoms with Crippen molar-refractivity contribution in [2.45, 2.75) is 36.9 Å². The fourth-order valence-corrected chi connectivity index (χ4v) is 3.43. The Labute approximate surface area is 142 Å². The van der Waals surface area contributed by atoms with Gasteiger partial charge in [-0.1, -0.05) is 54.4 Å². The van der Waals surface area contributed by atoms with Crippen molar-refractivity contribution in [1.29, 1.82) is 0 Å². The molecule has 4 rings (SSSR count). The van der Waals surface area contributed by atoms with Gasteiger partial charge in [0, 0.05) is 0 Å². The molecule has 0 amide bonds. The Hall–Kier alpha value is 0.711. The van der Waals surface area contributed by atoms with Gasteiger partial charge in [0.15, 0.2) is 0 Å². The number of rotatable bonds is 2. The Morgan fingerprint density at radius 1 is 1.00 bits per heavy atom. The van der Waals surface area contributed by atoms with Crippen LogP contribution in [0.1, 0.15) is 30.4 Å². The van der Waals surface area contributed by atoms with Gasteiger partial charge in [0.05, 0.1) is 0 Å². The molecule has 5 heteroatoms. The van der Waals surface area contributed by atoms with E-state index >= 15 is 0 Å². The molecular weight excluding hydrogens is 251 g/mol. The molecule has 0 atom stereocenters. The van der Waals surface area contributed by atoms with Gasteiger partial charge in [-0.05, 0) is 17.9 Å². The van der Waals surface area contributed by atoms with Gasteiger partial charge in [-0.25, -0.2) is 0 Å². The molecule has 1 aromatic rings. The molecule has 3 fully saturated rings. The second kappa shape index (κ2) is 4.10. The largest absolute Gasteiger partial charge is 1.00 e. The van der Waals surface area contributed by atoms with E-state index in [0.717, 1.165) is 11.1 Å². The fourth-order valence-electron chi connectivity index (χ4n) is 3.43. The third kappa shape index (κ3) is 1.89. The van der Waals surface area contributed by atoms with Crippen LogP contribution in [-0.4, -0.2) is 6.98 Å². The summed E-state index contributed by atoms with van der Waals surface area (Å²) in [5.74, 6) is 0. The van der Waals surface area contributed by atoms with E-state index in [4.69, 9.17) is 0 Å². The zero-order valence-electron chi connectivity index (χ0n) is 10.1. The predicted molar refractivity (Wildman–Crippen MR) is 58.5 cm³/mol. The molecule has 0 radical (unpaired) electrons. The SMILES string of the molecule is Cc1ccc(C23CC([B-](F)(F)F)(C2)C3)cc1.[K+]. The number of hydrogen-bond donors (Lipinski definition) is 0. The van der Waals surface area contributed by atoms with Gasteiger partial charge >= 0.3 is 58.4 Å². The van der Waals surface area contributed by atoms with E-state index < -0.39 is 12.3 Å². The van der Waals surface area contributed by atoms with Crippen LogP contribution >= 0.6 is 0 Å². The van der Waals surface area contributed by atoms with E-state index in [-0.39, 0.29) is 56.8 Å². The predicted octanol–water partition coefficient (Wildman–Crippen LogP) is 1.02. The number of halogens is 3. The Kier molecular flexibility index (Phi) is 3.41. The maximum atomic E-state index is 12.7. The Morgan fingerprint density at radius 3 is 1.88 bits per heavy atom. The average Bonchev–Trinajstić information content (AvgIpc) is 2.00. The Morgan fingerprint density at radius 2 is 1.47 bits per heavy atom. The molecule has 2 bridgehead atoms. The third-order valence-corrected chi connectivity index (χ3v) is 4.43. The summed E-state index contributed by atoms with van der Waals surface area (Å²) in [5.41, 5.74) is 2.12. The summed E-state index contributed by atoms with van der Waals surface area (Å²) in [6.07, 6.45) is 0.978. The molecule has 0 spiro atoms. The van der Waals surface area contributed by atoms with Gasteiger partial charge in [0.1, 0.15) is 0 Å². The molecule has 0 heterocycles. The summed E-state index contributed by atoms with van der Waals surface area (Å²) in [5, 5.41) is -1.27. The molecule has 3 aliphatic carbocycles. The summed E-state index contributed by atoms with van der Waals surface area (Å²) in [7, 11) is 0. The van der Waals surface area contributed by atoms with Gasteiger partial charge in [-0.15, -0.1) is 0 Å². The molecule has 1 aromatic carbocycles. The normalized spacial score (nSPS) is 34.4. The number of hydrogen-bond acceptors (Lipinski definition) is 0. The van der Waals surface area contributed by atoms with Crippen LogP contribution in [0, 0.1) is 6.92 Å². The first-order valence-electron chi connectivity index (χ1n) is 5.64. The van der Waals surface area contributed by atoms with Gasteiger partial charge in [0.25, 0.3) is 0 Å². The molecular formula is C12H13BF3K. The molecule has 86 valence electrons. The van der Waals surface area contributed by atoms with Crippen LogP contribution < -0.4 is 51.4 Å². The van der Waals surface area contributed by atoms with Gasteiger partial charge in [0.2, 0.25) is 0 Å². The van der Waals surface area contributed by atoms with Crippen molar-refractivity contribution < 1.29 is 64.3 Å². The van der Waals surface area contributed by atoms with Crippen molar-refractivity contribution in [3.63, 3.8) is 0 Å². The molecule has 0 saturated heterocycles.